The summed E-state index contributed by atoms with van der Waals surface area (Å²) in [6.07, 6.45) is 5.74. The molecule has 0 aliphatic carbocycles. The number of nitrogens with two attached hydrogens (primary N) is 1. The highest BCUT2D eigenvalue weighted by Gasteiger charge is 2.09. The largest absolute Gasteiger partial charge is 0.397 e. The summed E-state index contributed by atoms with van der Waals surface area (Å²) in [5, 5.41) is 5.68. The molecule has 7 heteroatoms. The normalized spacial score (nSPS) is 10.1. The lowest BCUT2D eigenvalue weighted by atomic mass is 10.0. The first-order valence-electron chi connectivity index (χ1n) is 10.6. The number of nitrogen functional groups attached to an aromatic ring is 1. The monoisotopic (exact) mass is 451 g/mol. The van der Waals surface area contributed by atoms with E-state index in [4.69, 9.17) is 5.73 Å². The Kier molecular flexibility index (Phi) is 7.11. The molecule has 4 aromatic rings. The standard InChI is InChI=1S/C27H22FN5O/c28-22-7-4-19(5-8-22)3-6-21-16-24(10-11-25(21)26-12-9-23(29)18-32-26)33-27(34)31-15-13-20-2-1-14-30-17-20/h1-2,4-5,7-12,14,16-18H,13,15,29H2,(H2,31,33,34). The van der Waals surface area contributed by atoms with E-state index in [9.17, 15) is 9.18 Å². The summed E-state index contributed by atoms with van der Waals surface area (Å²) in [4.78, 5) is 20.8. The molecule has 2 heterocycles. The molecule has 2 aromatic heterocycles. The summed E-state index contributed by atoms with van der Waals surface area (Å²) < 4.78 is 13.2. The average Bonchev–Trinajstić information content (AvgIpc) is 2.85. The molecule has 0 saturated carbocycles. The Morgan fingerprint density at radius 3 is 2.59 bits per heavy atom. The number of amides is 2. The van der Waals surface area contributed by atoms with Crippen LogP contribution in [0.25, 0.3) is 11.3 Å². The first kappa shape index (κ1) is 22.5. The van der Waals surface area contributed by atoms with Crippen LogP contribution in [0.1, 0.15) is 16.7 Å². The van der Waals surface area contributed by atoms with Gasteiger partial charge in [0.2, 0.25) is 0 Å². The second kappa shape index (κ2) is 10.7. The number of hydrogen-bond donors (Lipinski definition) is 3. The van der Waals surface area contributed by atoms with Gasteiger partial charge in [0.15, 0.2) is 0 Å². The maximum Gasteiger partial charge on any atom is 0.319 e. The van der Waals surface area contributed by atoms with Crippen LogP contribution < -0.4 is 16.4 Å². The summed E-state index contributed by atoms with van der Waals surface area (Å²) in [6.45, 7) is 0.474. The van der Waals surface area contributed by atoms with E-state index in [0.29, 0.717) is 41.2 Å². The van der Waals surface area contributed by atoms with Crippen molar-refractivity contribution in [1.82, 2.24) is 15.3 Å². The van der Waals surface area contributed by atoms with Crippen LogP contribution >= 0.6 is 0 Å². The maximum absolute atomic E-state index is 13.2. The molecule has 0 saturated heterocycles. The number of urea groups is 1. The van der Waals surface area contributed by atoms with Crippen LogP contribution in [0.5, 0.6) is 0 Å². The predicted molar refractivity (Wildman–Crippen MR) is 131 cm³/mol. The van der Waals surface area contributed by atoms with Crippen LogP contribution in [0.15, 0.2) is 85.3 Å². The van der Waals surface area contributed by atoms with Crippen LogP contribution in [0.2, 0.25) is 0 Å². The van der Waals surface area contributed by atoms with Gasteiger partial charge >= 0.3 is 6.03 Å². The minimum Gasteiger partial charge on any atom is -0.397 e. The predicted octanol–water partition coefficient (Wildman–Crippen LogP) is 4.63. The molecule has 6 nitrogen and oxygen atoms in total. The summed E-state index contributed by atoms with van der Waals surface area (Å²) in [7, 11) is 0. The van der Waals surface area contributed by atoms with Gasteiger partial charge in [0.25, 0.3) is 0 Å². The van der Waals surface area contributed by atoms with E-state index in [2.05, 4.69) is 32.4 Å². The highest BCUT2D eigenvalue weighted by molar-refractivity contribution is 5.90. The zero-order valence-electron chi connectivity index (χ0n) is 18.3. The Hall–Kier alpha value is -4.70. The van der Waals surface area contributed by atoms with E-state index in [1.807, 2.05) is 24.3 Å². The molecule has 0 bridgehead atoms. The topological polar surface area (TPSA) is 92.9 Å². The van der Waals surface area contributed by atoms with Crippen molar-refractivity contribution >= 4 is 17.4 Å². The number of benzene rings is 2. The molecule has 0 fully saturated rings. The molecular formula is C27H22FN5O. The van der Waals surface area contributed by atoms with E-state index in [1.165, 1.54) is 12.1 Å². The molecule has 2 aromatic carbocycles. The minimum absolute atomic E-state index is 0.320. The molecular weight excluding hydrogens is 429 g/mol. The minimum atomic E-state index is -0.321. The molecule has 0 spiro atoms. The van der Waals surface area contributed by atoms with Gasteiger partial charge < -0.3 is 16.4 Å². The number of rotatable bonds is 5. The lowest BCUT2D eigenvalue weighted by molar-refractivity contribution is 0.252. The summed E-state index contributed by atoms with van der Waals surface area (Å²) in [5.74, 6) is 5.84. The molecule has 0 radical (unpaired) electrons. The fourth-order valence-electron chi connectivity index (χ4n) is 3.23. The number of carbonyl (C=O) groups excluding carboxylic acids is 1. The SMILES string of the molecule is Nc1ccc(-c2ccc(NC(=O)NCCc3cccnc3)cc2C#Cc2ccc(F)cc2)nc1. The van der Waals surface area contributed by atoms with Crippen molar-refractivity contribution < 1.29 is 9.18 Å². The van der Waals surface area contributed by atoms with Gasteiger partial charge in [-0.25, -0.2) is 9.18 Å². The number of hydrogen-bond acceptors (Lipinski definition) is 4. The molecule has 4 rings (SSSR count). The van der Waals surface area contributed by atoms with Crippen molar-refractivity contribution in [2.75, 3.05) is 17.6 Å². The molecule has 34 heavy (non-hydrogen) atoms. The van der Waals surface area contributed by atoms with Crippen LogP contribution in [-0.2, 0) is 6.42 Å². The quantitative estimate of drug-likeness (QED) is 0.386. The first-order chi connectivity index (χ1) is 16.6. The van der Waals surface area contributed by atoms with Gasteiger partial charge in [0, 0.05) is 41.3 Å². The fraction of sp³-hybridized carbons (Fsp3) is 0.0741. The smallest absolute Gasteiger partial charge is 0.319 e. The second-order valence-corrected chi connectivity index (χ2v) is 7.49. The average molecular weight is 452 g/mol. The Morgan fingerprint density at radius 2 is 1.85 bits per heavy atom. The Balaban J connectivity index is 1.53. The molecule has 0 atom stereocenters. The number of halogens is 1. The summed E-state index contributed by atoms with van der Waals surface area (Å²) in [5.41, 5.74) is 10.8. The summed E-state index contributed by atoms with van der Waals surface area (Å²) in [6, 6.07) is 18.4. The van der Waals surface area contributed by atoms with E-state index < -0.39 is 0 Å². The zero-order valence-corrected chi connectivity index (χ0v) is 18.3. The molecule has 0 aliphatic rings. The Bertz CT molecular complexity index is 1330. The zero-order chi connectivity index (χ0) is 23.8. The van der Waals surface area contributed by atoms with Crippen molar-refractivity contribution in [1.29, 1.82) is 0 Å². The molecule has 168 valence electrons. The third kappa shape index (κ3) is 6.17. The van der Waals surface area contributed by atoms with Gasteiger partial charge in [0.05, 0.1) is 17.6 Å². The molecule has 4 N–H and O–H groups in total. The van der Waals surface area contributed by atoms with Gasteiger partial charge in [-0.1, -0.05) is 17.9 Å². The van der Waals surface area contributed by atoms with E-state index >= 15 is 0 Å². The molecule has 2 amide bonds. The van der Waals surface area contributed by atoms with Crippen molar-refractivity contribution in [3.05, 3.63) is 108 Å². The van der Waals surface area contributed by atoms with Crippen LogP contribution in [-0.4, -0.2) is 22.5 Å². The number of aromatic nitrogens is 2. The number of carbonyl (C=O) groups is 1. The van der Waals surface area contributed by atoms with Gasteiger partial charge in [0.1, 0.15) is 5.82 Å². The van der Waals surface area contributed by atoms with E-state index in [0.717, 1.165) is 11.1 Å². The Labute approximate surface area is 197 Å². The van der Waals surface area contributed by atoms with E-state index in [1.54, 1.807) is 48.9 Å². The number of nitrogens with one attached hydrogen (secondary N) is 2. The molecule has 0 unspecified atom stereocenters. The fourth-order valence-corrected chi connectivity index (χ4v) is 3.23. The maximum atomic E-state index is 13.2. The highest BCUT2D eigenvalue weighted by Crippen LogP contribution is 2.25. The number of pyridine rings is 2. The summed E-state index contributed by atoms with van der Waals surface area (Å²) >= 11 is 0. The number of nitrogens with zero attached hydrogens (tertiary/aromatic N) is 2. The lowest BCUT2D eigenvalue weighted by Gasteiger charge is -2.10. The molecule has 0 aliphatic heterocycles. The second-order valence-electron chi connectivity index (χ2n) is 7.49. The highest BCUT2D eigenvalue weighted by atomic mass is 19.1. The third-order valence-corrected chi connectivity index (χ3v) is 4.95. The number of anilines is 2. The van der Waals surface area contributed by atoms with Crippen LogP contribution in [0.3, 0.4) is 0 Å². The van der Waals surface area contributed by atoms with Crippen molar-refractivity contribution in [3.63, 3.8) is 0 Å². The van der Waals surface area contributed by atoms with Gasteiger partial charge in [-0.05, 0) is 72.6 Å². The van der Waals surface area contributed by atoms with Gasteiger partial charge in [-0.2, -0.15) is 0 Å². The van der Waals surface area contributed by atoms with Gasteiger partial charge in [-0.3, -0.25) is 9.97 Å². The van der Waals surface area contributed by atoms with E-state index in [-0.39, 0.29) is 11.8 Å². The van der Waals surface area contributed by atoms with Crippen LogP contribution in [0, 0.1) is 17.7 Å². The first-order valence-corrected chi connectivity index (χ1v) is 10.6. The van der Waals surface area contributed by atoms with Crippen molar-refractivity contribution in [2.24, 2.45) is 0 Å². The third-order valence-electron chi connectivity index (χ3n) is 4.95. The van der Waals surface area contributed by atoms with Crippen LogP contribution in [0.4, 0.5) is 20.6 Å². The van der Waals surface area contributed by atoms with Crippen molar-refractivity contribution in [3.8, 4) is 23.1 Å². The Morgan fingerprint density at radius 1 is 1.00 bits per heavy atom. The van der Waals surface area contributed by atoms with Crippen molar-refractivity contribution in [2.45, 2.75) is 6.42 Å². The lowest BCUT2D eigenvalue weighted by Crippen LogP contribution is -2.30. The van der Waals surface area contributed by atoms with Gasteiger partial charge in [-0.15, -0.1) is 0 Å².